The van der Waals surface area contributed by atoms with Crippen molar-refractivity contribution in [2.45, 2.75) is 76.7 Å². The number of carbonyl (C=O) groups excluding carboxylic acids is 4. The molecule has 0 atom stereocenters. The molecule has 5 amide bonds. The van der Waals surface area contributed by atoms with Gasteiger partial charge in [-0.2, -0.15) is 0 Å². The first-order chi connectivity index (χ1) is 12.0. The second-order valence-electron chi connectivity index (χ2n) is 7.66. The van der Waals surface area contributed by atoms with Gasteiger partial charge in [0.05, 0.1) is 5.41 Å². The largest absolute Gasteiger partial charge is 0.335 e. The van der Waals surface area contributed by atoms with E-state index in [9.17, 15) is 19.2 Å². The summed E-state index contributed by atoms with van der Waals surface area (Å²) in [5.74, 6) is -1.14. The van der Waals surface area contributed by atoms with Crippen LogP contribution in [0.1, 0.15) is 70.6 Å². The predicted molar refractivity (Wildman–Crippen MR) is 90.4 cm³/mol. The van der Waals surface area contributed by atoms with Crippen molar-refractivity contribution in [3.8, 4) is 0 Å². The van der Waals surface area contributed by atoms with Crippen molar-refractivity contribution in [3.63, 3.8) is 0 Å². The van der Waals surface area contributed by atoms with E-state index < -0.39 is 17.4 Å². The van der Waals surface area contributed by atoms with Crippen LogP contribution in [0.15, 0.2) is 0 Å². The fraction of sp³-hybridized carbons (Fsp3) is 0.778. The van der Waals surface area contributed by atoms with E-state index >= 15 is 0 Å². The maximum Gasteiger partial charge on any atom is 0.321 e. The van der Waals surface area contributed by atoms with E-state index in [1.165, 1.54) is 6.42 Å². The summed E-state index contributed by atoms with van der Waals surface area (Å²) in [6.45, 7) is -0.364. The second-order valence-corrected chi connectivity index (χ2v) is 7.66. The lowest BCUT2D eigenvalue weighted by atomic mass is 9.73. The van der Waals surface area contributed by atoms with Gasteiger partial charge in [0, 0.05) is 12.5 Å². The minimum absolute atomic E-state index is 0.0992. The molecule has 3 fully saturated rings. The third-order valence-corrected chi connectivity index (χ3v) is 5.80. The van der Waals surface area contributed by atoms with Gasteiger partial charge in [0.2, 0.25) is 17.7 Å². The lowest BCUT2D eigenvalue weighted by Gasteiger charge is -2.30. The molecule has 1 spiro atoms. The van der Waals surface area contributed by atoms with Gasteiger partial charge in [0.25, 0.3) is 0 Å². The van der Waals surface area contributed by atoms with E-state index in [2.05, 4.69) is 10.6 Å². The van der Waals surface area contributed by atoms with Crippen molar-refractivity contribution in [1.82, 2.24) is 15.5 Å². The van der Waals surface area contributed by atoms with Crippen molar-refractivity contribution in [1.29, 1.82) is 0 Å². The normalized spacial score (nSPS) is 23.8. The molecule has 2 N–H and O–H groups in total. The smallest absolute Gasteiger partial charge is 0.321 e. The van der Waals surface area contributed by atoms with Gasteiger partial charge >= 0.3 is 6.03 Å². The molecule has 3 aliphatic rings. The number of hydrogen-bond donors (Lipinski definition) is 2. The molecule has 1 aliphatic heterocycles. The van der Waals surface area contributed by atoms with Crippen molar-refractivity contribution in [2.75, 3.05) is 6.54 Å². The van der Waals surface area contributed by atoms with Gasteiger partial charge in [0.15, 0.2) is 0 Å². The Labute approximate surface area is 147 Å². The van der Waals surface area contributed by atoms with Crippen molar-refractivity contribution in [2.24, 2.45) is 5.41 Å². The van der Waals surface area contributed by atoms with E-state index in [0.717, 1.165) is 62.7 Å². The second kappa shape index (κ2) is 7.54. The zero-order valence-electron chi connectivity index (χ0n) is 14.6. The van der Waals surface area contributed by atoms with Crippen molar-refractivity contribution < 1.29 is 19.2 Å². The van der Waals surface area contributed by atoms with E-state index in [4.69, 9.17) is 0 Å². The molecule has 0 aromatic rings. The third kappa shape index (κ3) is 4.02. The highest BCUT2D eigenvalue weighted by molar-refractivity contribution is 6.09. The Bertz CT molecular complexity index is 563. The van der Waals surface area contributed by atoms with Crippen LogP contribution < -0.4 is 10.6 Å². The first-order valence-corrected chi connectivity index (χ1v) is 9.45. The van der Waals surface area contributed by atoms with E-state index in [1.807, 2.05) is 0 Å². The molecule has 0 bridgehead atoms. The third-order valence-electron chi connectivity index (χ3n) is 5.80. The fourth-order valence-electron chi connectivity index (χ4n) is 4.42. The Morgan fingerprint density at radius 1 is 1.00 bits per heavy atom. The van der Waals surface area contributed by atoms with Crippen LogP contribution in [-0.2, 0) is 14.4 Å². The number of nitrogens with one attached hydrogen (secondary N) is 2. The number of rotatable bonds is 3. The number of hydrogen-bond acceptors (Lipinski definition) is 4. The molecule has 138 valence electrons. The van der Waals surface area contributed by atoms with Gasteiger partial charge in [-0.1, -0.05) is 38.5 Å². The first kappa shape index (κ1) is 17.9. The molecular formula is C18H27N3O4. The number of urea groups is 1. The average molecular weight is 349 g/mol. The van der Waals surface area contributed by atoms with Crippen LogP contribution in [0.4, 0.5) is 4.79 Å². The topological polar surface area (TPSA) is 95.6 Å². The number of carbonyl (C=O) groups is 4. The molecule has 7 nitrogen and oxygen atoms in total. The summed E-state index contributed by atoms with van der Waals surface area (Å²) in [7, 11) is 0. The van der Waals surface area contributed by atoms with Crippen LogP contribution in [0.2, 0.25) is 0 Å². The fourth-order valence-corrected chi connectivity index (χ4v) is 4.42. The summed E-state index contributed by atoms with van der Waals surface area (Å²) in [5, 5.41) is 5.05. The Morgan fingerprint density at radius 2 is 1.64 bits per heavy atom. The monoisotopic (exact) mass is 349 g/mol. The van der Waals surface area contributed by atoms with E-state index in [0.29, 0.717) is 0 Å². The van der Waals surface area contributed by atoms with Crippen molar-refractivity contribution in [3.05, 3.63) is 0 Å². The van der Waals surface area contributed by atoms with Gasteiger partial charge in [-0.3, -0.25) is 24.6 Å². The molecule has 25 heavy (non-hydrogen) atoms. The van der Waals surface area contributed by atoms with E-state index in [-0.39, 0.29) is 30.8 Å². The minimum Gasteiger partial charge on any atom is -0.335 e. The molecule has 2 saturated carbocycles. The van der Waals surface area contributed by atoms with Gasteiger partial charge in [-0.05, 0) is 25.7 Å². The maximum absolute atomic E-state index is 12.7. The molecular weight excluding hydrogens is 322 g/mol. The summed E-state index contributed by atoms with van der Waals surface area (Å²) >= 11 is 0. The quantitative estimate of drug-likeness (QED) is 0.760. The van der Waals surface area contributed by atoms with E-state index in [1.54, 1.807) is 0 Å². The molecule has 0 radical (unpaired) electrons. The summed E-state index contributed by atoms with van der Waals surface area (Å²) in [4.78, 5) is 49.9. The van der Waals surface area contributed by atoms with Crippen LogP contribution in [-0.4, -0.2) is 41.2 Å². The highest BCUT2D eigenvalue weighted by Crippen LogP contribution is 2.45. The zero-order chi connectivity index (χ0) is 17.9. The maximum atomic E-state index is 12.7. The van der Waals surface area contributed by atoms with Crippen LogP contribution in [0.5, 0.6) is 0 Å². The summed E-state index contributed by atoms with van der Waals surface area (Å²) in [6.07, 6.45) is 9.81. The minimum atomic E-state index is -0.608. The Hall–Kier alpha value is -1.92. The van der Waals surface area contributed by atoms with Gasteiger partial charge in [-0.25, -0.2) is 4.79 Å². The van der Waals surface area contributed by atoms with Crippen LogP contribution in [0.3, 0.4) is 0 Å². The lowest BCUT2D eigenvalue weighted by molar-refractivity contribution is -0.145. The number of nitrogens with zero attached hydrogens (tertiary/aromatic N) is 1. The number of likely N-dealkylation sites (tertiary alicyclic amines) is 1. The number of amides is 5. The molecule has 0 aromatic heterocycles. The molecule has 1 saturated heterocycles. The molecule has 2 aliphatic carbocycles. The van der Waals surface area contributed by atoms with Gasteiger partial charge in [-0.15, -0.1) is 0 Å². The molecule has 7 heteroatoms. The van der Waals surface area contributed by atoms with Gasteiger partial charge in [0.1, 0.15) is 6.54 Å². The van der Waals surface area contributed by atoms with Crippen LogP contribution >= 0.6 is 0 Å². The standard InChI is InChI=1S/C18H27N3O4/c22-14(20-17(25)19-13-7-3-1-4-8-13)12-21-15(23)11-18(16(21)24)9-5-2-6-10-18/h13H,1-12H2,(H2,19,20,22,25). The summed E-state index contributed by atoms with van der Waals surface area (Å²) in [6, 6.07) is -0.439. The first-order valence-electron chi connectivity index (χ1n) is 9.45. The van der Waals surface area contributed by atoms with Crippen LogP contribution in [0.25, 0.3) is 0 Å². The van der Waals surface area contributed by atoms with Crippen LogP contribution in [0, 0.1) is 5.41 Å². The number of imide groups is 2. The van der Waals surface area contributed by atoms with Crippen molar-refractivity contribution >= 4 is 23.8 Å². The molecule has 0 unspecified atom stereocenters. The highest BCUT2D eigenvalue weighted by atomic mass is 16.2. The predicted octanol–water partition coefficient (Wildman–Crippen LogP) is 1.85. The Balaban J connectivity index is 1.51. The summed E-state index contributed by atoms with van der Waals surface area (Å²) < 4.78 is 0. The average Bonchev–Trinajstić information content (AvgIpc) is 2.80. The Morgan fingerprint density at radius 3 is 2.32 bits per heavy atom. The summed E-state index contributed by atoms with van der Waals surface area (Å²) in [5.41, 5.74) is -0.597. The molecule has 0 aromatic carbocycles. The molecule has 3 rings (SSSR count). The SMILES string of the molecule is O=C(CN1C(=O)CC2(CCCCC2)C1=O)NC(=O)NC1CCCCC1. The molecule has 1 heterocycles. The zero-order valence-corrected chi connectivity index (χ0v) is 14.6. The Kier molecular flexibility index (Phi) is 5.39. The highest BCUT2D eigenvalue weighted by Gasteiger charge is 2.51. The lowest BCUT2D eigenvalue weighted by Crippen LogP contribution is -2.49. The van der Waals surface area contributed by atoms with Gasteiger partial charge < -0.3 is 5.32 Å².